The Labute approximate surface area is 172 Å². The summed E-state index contributed by atoms with van der Waals surface area (Å²) < 4.78 is 4.70. The van der Waals surface area contributed by atoms with Gasteiger partial charge in [0, 0.05) is 30.2 Å². The quantitative estimate of drug-likeness (QED) is 0.656. The van der Waals surface area contributed by atoms with E-state index in [1.54, 1.807) is 23.2 Å². The molecule has 0 aliphatic carbocycles. The summed E-state index contributed by atoms with van der Waals surface area (Å²) in [6.45, 7) is 1.99. The molecule has 2 heterocycles. The summed E-state index contributed by atoms with van der Waals surface area (Å²) in [5.41, 5.74) is 2.87. The van der Waals surface area contributed by atoms with Crippen LogP contribution in [0.2, 0.25) is 5.02 Å². The number of thiocarbonyl (C=S) groups is 1. The fraction of sp³-hybridized carbons (Fsp3) is 0.263. The summed E-state index contributed by atoms with van der Waals surface area (Å²) in [5, 5.41) is 15.6. The lowest BCUT2D eigenvalue weighted by molar-refractivity contribution is 0.0492. The highest BCUT2D eigenvalue weighted by molar-refractivity contribution is 7.80. The largest absolute Gasteiger partial charge is 0.361 e. The van der Waals surface area contributed by atoms with Gasteiger partial charge in [0.25, 0.3) is 5.91 Å². The highest BCUT2D eigenvalue weighted by Gasteiger charge is 2.29. The second-order valence-corrected chi connectivity index (χ2v) is 7.30. The number of carbonyl (C=O) groups is 1. The van der Waals surface area contributed by atoms with E-state index in [1.807, 2.05) is 29.3 Å². The van der Waals surface area contributed by atoms with E-state index in [0.717, 1.165) is 17.9 Å². The molecule has 0 unspecified atom stereocenters. The van der Waals surface area contributed by atoms with Crippen molar-refractivity contribution in [2.75, 3.05) is 19.6 Å². The first kappa shape index (κ1) is 18.6. The molecule has 1 amide bonds. The van der Waals surface area contributed by atoms with Crippen LogP contribution in [0.15, 0.2) is 47.1 Å². The smallest absolute Gasteiger partial charge is 0.272 e. The molecule has 0 saturated carbocycles. The molecular weight excluding hydrogens is 398 g/mol. The van der Waals surface area contributed by atoms with E-state index in [0.29, 0.717) is 41.3 Å². The van der Waals surface area contributed by atoms with E-state index in [1.165, 1.54) is 5.56 Å². The number of fused-ring (bicyclic) bond motifs is 1. The molecule has 3 aromatic rings. The van der Waals surface area contributed by atoms with E-state index in [4.69, 9.17) is 28.4 Å². The number of amides is 1. The van der Waals surface area contributed by atoms with Crippen LogP contribution in [0.25, 0.3) is 11.0 Å². The third-order valence-corrected chi connectivity index (χ3v) is 5.21. The number of nitrogens with one attached hydrogen (secondary N) is 1. The Balaban J connectivity index is 1.38. The molecule has 0 spiro atoms. The van der Waals surface area contributed by atoms with E-state index in [9.17, 15) is 4.79 Å². The molecule has 1 N–H and O–H groups in total. The zero-order valence-electron chi connectivity index (χ0n) is 15.0. The molecule has 1 saturated heterocycles. The Bertz CT molecular complexity index is 1010. The van der Waals surface area contributed by atoms with Crippen LogP contribution < -0.4 is 5.32 Å². The number of nitrogens with zero attached hydrogens (tertiary/aromatic N) is 4. The molecule has 4 rings (SSSR count). The average molecular weight is 416 g/mol. The highest BCUT2D eigenvalue weighted by Crippen LogP contribution is 2.18. The minimum Gasteiger partial charge on any atom is -0.361 e. The maximum Gasteiger partial charge on any atom is 0.272 e. The Morgan fingerprint density at radius 1 is 1.11 bits per heavy atom. The van der Waals surface area contributed by atoms with Crippen LogP contribution >= 0.6 is 23.8 Å². The minimum absolute atomic E-state index is 0.121. The van der Waals surface area contributed by atoms with Gasteiger partial charge in [-0.25, -0.2) is 9.64 Å². The summed E-state index contributed by atoms with van der Waals surface area (Å²) in [4.78, 5) is 13.0. The normalized spacial score (nSPS) is 13.9. The molecule has 9 heteroatoms. The van der Waals surface area contributed by atoms with Gasteiger partial charge in [0.15, 0.2) is 5.11 Å². The van der Waals surface area contributed by atoms with Crippen molar-refractivity contribution in [2.24, 2.45) is 0 Å². The summed E-state index contributed by atoms with van der Waals surface area (Å²) in [5.74, 6) is -0.121. The third-order valence-electron chi connectivity index (χ3n) is 4.60. The molecule has 0 bridgehead atoms. The molecule has 1 aliphatic heterocycles. The first-order valence-electron chi connectivity index (χ1n) is 8.96. The van der Waals surface area contributed by atoms with Crippen molar-refractivity contribution in [3.63, 3.8) is 0 Å². The van der Waals surface area contributed by atoms with Crippen molar-refractivity contribution in [1.82, 2.24) is 25.6 Å². The monoisotopic (exact) mass is 415 g/mol. The topological polar surface area (TPSA) is 74.5 Å². The molecule has 0 atom stereocenters. The summed E-state index contributed by atoms with van der Waals surface area (Å²) in [7, 11) is 0. The van der Waals surface area contributed by atoms with Crippen molar-refractivity contribution in [2.45, 2.75) is 12.8 Å². The molecule has 1 aliphatic rings. The zero-order chi connectivity index (χ0) is 19.5. The van der Waals surface area contributed by atoms with Gasteiger partial charge in [-0.15, -0.1) is 0 Å². The second kappa shape index (κ2) is 8.12. The van der Waals surface area contributed by atoms with E-state index in [2.05, 4.69) is 15.6 Å². The van der Waals surface area contributed by atoms with Crippen molar-refractivity contribution < 1.29 is 9.42 Å². The molecular formula is C19H18ClN5O2S. The summed E-state index contributed by atoms with van der Waals surface area (Å²) in [6.07, 6.45) is 1.67. The van der Waals surface area contributed by atoms with Crippen LogP contribution in [-0.2, 0) is 6.42 Å². The lowest BCUT2D eigenvalue weighted by Crippen LogP contribution is -2.49. The second-order valence-electron chi connectivity index (χ2n) is 6.48. The lowest BCUT2D eigenvalue weighted by Gasteiger charge is -2.30. The SMILES string of the molecule is O=C(c1ccc2nonc2c1)N1CCCN1C(=S)NCCc1ccc(Cl)cc1. The Morgan fingerprint density at radius 2 is 1.86 bits per heavy atom. The van der Waals surface area contributed by atoms with Gasteiger partial charge >= 0.3 is 0 Å². The van der Waals surface area contributed by atoms with Gasteiger partial charge in [-0.1, -0.05) is 23.7 Å². The molecule has 144 valence electrons. The number of aromatic nitrogens is 2. The summed E-state index contributed by atoms with van der Waals surface area (Å²) >= 11 is 11.4. The van der Waals surface area contributed by atoms with Gasteiger partial charge in [0.2, 0.25) is 0 Å². The number of rotatable bonds is 4. The minimum atomic E-state index is -0.121. The third kappa shape index (κ3) is 3.93. The predicted octanol–water partition coefficient (Wildman–Crippen LogP) is 3.06. The van der Waals surface area contributed by atoms with Crippen LogP contribution in [0.1, 0.15) is 22.3 Å². The van der Waals surface area contributed by atoms with Crippen molar-refractivity contribution in [3.05, 3.63) is 58.6 Å². The van der Waals surface area contributed by atoms with Crippen LogP contribution in [-0.4, -0.2) is 51.0 Å². The predicted molar refractivity (Wildman–Crippen MR) is 110 cm³/mol. The van der Waals surface area contributed by atoms with Crippen molar-refractivity contribution in [3.8, 4) is 0 Å². The van der Waals surface area contributed by atoms with Crippen LogP contribution in [0, 0.1) is 0 Å². The van der Waals surface area contributed by atoms with Gasteiger partial charge in [-0.05, 0) is 71.3 Å². The van der Waals surface area contributed by atoms with Crippen molar-refractivity contribution in [1.29, 1.82) is 0 Å². The Kier molecular flexibility index (Phi) is 5.40. The molecule has 0 radical (unpaired) electrons. The van der Waals surface area contributed by atoms with Gasteiger partial charge in [-0.2, -0.15) is 0 Å². The number of halogens is 1. The fourth-order valence-electron chi connectivity index (χ4n) is 3.15. The van der Waals surface area contributed by atoms with Gasteiger partial charge < -0.3 is 5.32 Å². The van der Waals surface area contributed by atoms with Crippen LogP contribution in [0.3, 0.4) is 0 Å². The van der Waals surface area contributed by atoms with Gasteiger partial charge in [-0.3, -0.25) is 9.80 Å². The highest BCUT2D eigenvalue weighted by atomic mass is 35.5. The van der Waals surface area contributed by atoms with Crippen molar-refractivity contribution >= 4 is 45.9 Å². The van der Waals surface area contributed by atoms with E-state index in [-0.39, 0.29) is 5.91 Å². The van der Waals surface area contributed by atoms with Crippen LogP contribution in [0.4, 0.5) is 0 Å². The maximum atomic E-state index is 13.0. The number of benzene rings is 2. The Hall–Kier alpha value is -2.71. The number of hydrazine groups is 1. The Morgan fingerprint density at radius 3 is 2.68 bits per heavy atom. The zero-order valence-corrected chi connectivity index (χ0v) is 16.5. The molecule has 28 heavy (non-hydrogen) atoms. The molecule has 2 aromatic carbocycles. The standard InChI is InChI=1S/C19H18ClN5O2S/c20-15-5-2-13(3-6-15)8-9-21-19(28)25-11-1-10-24(25)18(26)14-4-7-16-17(12-14)23-27-22-16/h2-7,12H,1,8-11H2,(H,21,28). The first-order valence-corrected chi connectivity index (χ1v) is 9.74. The molecule has 7 nitrogen and oxygen atoms in total. The first-order chi connectivity index (χ1) is 13.6. The lowest BCUT2D eigenvalue weighted by atomic mass is 10.1. The molecule has 1 fully saturated rings. The molecule has 1 aromatic heterocycles. The van der Waals surface area contributed by atoms with Gasteiger partial charge in [0.1, 0.15) is 11.0 Å². The number of hydrogen-bond donors (Lipinski definition) is 1. The van der Waals surface area contributed by atoms with Gasteiger partial charge in [0.05, 0.1) is 0 Å². The van der Waals surface area contributed by atoms with E-state index < -0.39 is 0 Å². The van der Waals surface area contributed by atoms with Crippen LogP contribution in [0.5, 0.6) is 0 Å². The van der Waals surface area contributed by atoms with E-state index >= 15 is 0 Å². The fourth-order valence-corrected chi connectivity index (χ4v) is 3.57. The maximum absolute atomic E-state index is 13.0. The number of hydrogen-bond acceptors (Lipinski definition) is 5. The number of carbonyl (C=O) groups excluding carboxylic acids is 1. The summed E-state index contributed by atoms with van der Waals surface area (Å²) in [6, 6.07) is 12.9. The average Bonchev–Trinajstić information content (AvgIpc) is 3.37.